The molecule has 0 bridgehead atoms. The van der Waals surface area contributed by atoms with Crippen molar-refractivity contribution in [3.63, 3.8) is 0 Å². The predicted octanol–water partition coefficient (Wildman–Crippen LogP) is 3.15. The van der Waals surface area contributed by atoms with Crippen molar-refractivity contribution >= 4 is 29.6 Å². The van der Waals surface area contributed by atoms with Gasteiger partial charge in [-0.15, -0.1) is 0 Å². The lowest BCUT2D eigenvalue weighted by Gasteiger charge is -2.48. The summed E-state index contributed by atoms with van der Waals surface area (Å²) >= 11 is 0. The summed E-state index contributed by atoms with van der Waals surface area (Å²) in [5.41, 5.74) is -2.40. The number of carbonyl (C=O) groups is 4. The third kappa shape index (κ3) is 9.22. The molecule has 0 amide bonds. The highest BCUT2D eigenvalue weighted by Gasteiger charge is 2.59. The minimum atomic E-state index is -1.53. The van der Waals surface area contributed by atoms with Gasteiger partial charge in [-0.3, -0.25) is 9.59 Å². The van der Waals surface area contributed by atoms with E-state index in [9.17, 15) is 29.4 Å². The summed E-state index contributed by atoms with van der Waals surface area (Å²) in [5, 5.41) is 27.1. The highest BCUT2D eigenvalue weighted by atomic mass is 16.8. The number of rotatable bonds is 9. The van der Waals surface area contributed by atoms with Crippen LogP contribution in [0.5, 0.6) is 0 Å². The Morgan fingerprint density at radius 1 is 0.982 bits per heavy atom. The van der Waals surface area contributed by atoms with E-state index in [4.69, 9.17) is 38.0 Å². The fourth-order valence-electron chi connectivity index (χ4n) is 8.24. The highest BCUT2D eigenvalue weighted by molar-refractivity contribution is 6.00. The van der Waals surface area contributed by atoms with E-state index in [0.29, 0.717) is 0 Å². The number of benzene rings is 1. The van der Waals surface area contributed by atoms with Crippen LogP contribution in [0.25, 0.3) is 0 Å². The number of aliphatic hydroxyl groups is 2. The van der Waals surface area contributed by atoms with Crippen molar-refractivity contribution in [2.75, 3.05) is 34.9 Å². The predicted molar refractivity (Wildman–Crippen MR) is 196 cm³/mol. The Morgan fingerprint density at radius 2 is 1.64 bits per heavy atom. The Bertz CT molecular complexity index is 1540. The van der Waals surface area contributed by atoms with Crippen LogP contribution in [-0.2, 0) is 47.6 Å². The number of methoxy groups -OCH3 is 2. The maximum Gasteiger partial charge on any atom is 0.509 e. The first-order valence-electron chi connectivity index (χ1n) is 18.7. The zero-order valence-electron chi connectivity index (χ0n) is 33.6. The molecular formula is C39H58N2O14. The fraction of sp³-hybridized carbons (Fsp3) is 0.718. The lowest BCUT2D eigenvalue weighted by atomic mass is 9.74. The van der Waals surface area contributed by atoms with Crippen molar-refractivity contribution in [2.45, 2.75) is 121 Å². The largest absolute Gasteiger partial charge is 0.509 e. The molecule has 0 aliphatic carbocycles. The first kappa shape index (κ1) is 44.2. The van der Waals surface area contributed by atoms with E-state index < -0.39 is 108 Å². The zero-order valence-corrected chi connectivity index (χ0v) is 33.6. The number of nitrogens with zero attached hydrogens (tertiary/aromatic N) is 2. The quantitative estimate of drug-likeness (QED) is 0.160. The molecule has 14 atom stereocenters. The van der Waals surface area contributed by atoms with Crippen molar-refractivity contribution in [3.8, 4) is 0 Å². The standard InChI is InChI=1S/C39H58N2O14/c1-12-26-39(7)33(53-37(47)54-39)21(3)27(40-55-35(46)24-16-14-13-15-17-24)20(2)18-38(6,49-11)32(22(4)29(42)23(5)34(45)51-26)52-36-31(44)28(41(8)9)30(43)25(50-36)19-48-10/h13-17,20-23,25-26,28,30-33,36,43-44H,12,18-19H2,1-11H3/b40-27+/t20-,21+,22+,23-,25-,26?,28+,30-,31-,32-,33-,36+,38-,39-/m1/s1. The second-order valence-electron chi connectivity index (χ2n) is 15.5. The van der Waals surface area contributed by atoms with Gasteiger partial charge in [0.05, 0.1) is 35.6 Å². The van der Waals surface area contributed by atoms with Crippen LogP contribution >= 0.6 is 0 Å². The molecule has 308 valence electrons. The zero-order chi connectivity index (χ0) is 41.0. The molecule has 16 nitrogen and oxygen atoms in total. The topological polar surface area (TPSA) is 198 Å². The maximum absolute atomic E-state index is 14.3. The Kier molecular flexibility index (Phi) is 14.6. The van der Waals surface area contributed by atoms with Crippen molar-refractivity contribution < 1.29 is 67.4 Å². The van der Waals surface area contributed by atoms with Gasteiger partial charge in [-0.25, -0.2) is 9.59 Å². The van der Waals surface area contributed by atoms with Gasteiger partial charge in [-0.1, -0.05) is 51.0 Å². The molecule has 3 fully saturated rings. The number of Topliss-reactive ketones (excluding diaryl/α,β-unsaturated/α-hetero) is 1. The van der Waals surface area contributed by atoms with Crippen LogP contribution in [0.3, 0.4) is 0 Å². The van der Waals surface area contributed by atoms with Crippen molar-refractivity contribution in [1.82, 2.24) is 4.90 Å². The number of oxime groups is 1. The van der Waals surface area contributed by atoms with Crippen LogP contribution in [0.15, 0.2) is 35.5 Å². The lowest BCUT2D eigenvalue weighted by Crippen LogP contribution is -2.65. The van der Waals surface area contributed by atoms with Gasteiger partial charge in [0.25, 0.3) is 0 Å². The molecular weight excluding hydrogens is 720 g/mol. The third-order valence-electron chi connectivity index (χ3n) is 11.4. The molecule has 1 aromatic carbocycles. The van der Waals surface area contributed by atoms with Gasteiger partial charge < -0.3 is 53.1 Å². The first-order valence-corrected chi connectivity index (χ1v) is 18.7. The number of fused-ring (bicyclic) bond motifs is 1. The summed E-state index contributed by atoms with van der Waals surface area (Å²) in [6, 6.07) is 7.43. The smallest absolute Gasteiger partial charge is 0.457 e. The van der Waals surface area contributed by atoms with E-state index in [0.717, 1.165) is 0 Å². The maximum atomic E-state index is 14.3. The fourth-order valence-corrected chi connectivity index (χ4v) is 8.24. The monoisotopic (exact) mass is 778 g/mol. The molecule has 55 heavy (non-hydrogen) atoms. The summed E-state index contributed by atoms with van der Waals surface area (Å²) in [4.78, 5) is 61.3. The van der Waals surface area contributed by atoms with Gasteiger partial charge >= 0.3 is 18.1 Å². The number of esters is 1. The van der Waals surface area contributed by atoms with Gasteiger partial charge in [-0.05, 0) is 59.8 Å². The van der Waals surface area contributed by atoms with Crippen molar-refractivity contribution in [3.05, 3.63) is 35.9 Å². The molecule has 16 heteroatoms. The van der Waals surface area contributed by atoms with E-state index in [1.807, 2.05) is 6.92 Å². The van der Waals surface area contributed by atoms with Crippen molar-refractivity contribution in [2.24, 2.45) is 28.8 Å². The first-order chi connectivity index (χ1) is 25.8. The van der Waals surface area contributed by atoms with Crippen LogP contribution in [0.2, 0.25) is 0 Å². The van der Waals surface area contributed by atoms with Gasteiger partial charge in [-0.2, -0.15) is 0 Å². The summed E-state index contributed by atoms with van der Waals surface area (Å²) in [7, 11) is 6.27. The Morgan fingerprint density at radius 3 is 2.22 bits per heavy atom. The van der Waals surface area contributed by atoms with E-state index >= 15 is 0 Å². The molecule has 0 radical (unpaired) electrons. The molecule has 3 aliphatic rings. The average molecular weight is 779 g/mol. The van der Waals surface area contributed by atoms with Gasteiger partial charge in [0.1, 0.15) is 30.3 Å². The second kappa shape index (κ2) is 18.2. The normalized spacial score (nSPS) is 39.8. The van der Waals surface area contributed by atoms with Crippen LogP contribution in [0.1, 0.15) is 71.7 Å². The molecule has 2 N–H and O–H groups in total. The van der Waals surface area contributed by atoms with Crippen molar-refractivity contribution in [1.29, 1.82) is 0 Å². The number of ketones is 1. The Hall–Kier alpha value is -3.51. The minimum absolute atomic E-state index is 0.0227. The van der Waals surface area contributed by atoms with E-state index in [1.165, 1.54) is 21.1 Å². The van der Waals surface area contributed by atoms with Gasteiger partial charge in [0.2, 0.25) is 0 Å². The molecule has 3 aliphatic heterocycles. The van der Waals surface area contributed by atoms with Gasteiger partial charge in [0.15, 0.2) is 23.8 Å². The number of hydrogen-bond donors (Lipinski definition) is 2. The summed E-state index contributed by atoms with van der Waals surface area (Å²) in [6.45, 7) is 11.6. The number of likely N-dealkylation sites (N-methyl/N-ethyl adjacent to an activating group) is 1. The molecule has 3 heterocycles. The molecule has 4 rings (SSSR count). The Balaban J connectivity index is 1.86. The van der Waals surface area contributed by atoms with E-state index in [1.54, 1.807) is 83.9 Å². The highest BCUT2D eigenvalue weighted by Crippen LogP contribution is 2.42. The minimum Gasteiger partial charge on any atom is -0.457 e. The molecule has 1 aromatic rings. The third-order valence-corrected chi connectivity index (χ3v) is 11.4. The summed E-state index contributed by atoms with van der Waals surface area (Å²) in [6.07, 6.45) is -8.91. The van der Waals surface area contributed by atoms with E-state index in [-0.39, 0.29) is 30.7 Å². The van der Waals surface area contributed by atoms with Crippen LogP contribution < -0.4 is 0 Å². The van der Waals surface area contributed by atoms with Crippen LogP contribution in [-0.4, -0.2) is 140 Å². The molecule has 0 spiro atoms. The van der Waals surface area contributed by atoms with E-state index in [2.05, 4.69) is 5.16 Å². The molecule has 3 saturated heterocycles. The SMILES string of the molecule is CCC1OC(=O)[C@H](C)C(=O)[C@H](C)[C@@H](O[C@@H]2O[C@H](COC)[C@@H](O)[C@H](N(C)C)[C@H]2O)[C@](C)(OC)C[C@@H](C)/C(=N\OC(=O)c2ccccc2)[C@H](C)[C@H]2OC(=O)O[C@]12C. The van der Waals surface area contributed by atoms with Crippen LogP contribution in [0.4, 0.5) is 4.79 Å². The second-order valence-corrected chi connectivity index (χ2v) is 15.5. The molecule has 0 aromatic heterocycles. The summed E-state index contributed by atoms with van der Waals surface area (Å²) < 4.78 is 41.6. The number of cyclic esters (lactones) is 1. The van der Waals surface area contributed by atoms with Gasteiger partial charge in [0, 0.05) is 32.0 Å². The number of carbonyl (C=O) groups excluding carboxylic acids is 4. The molecule has 1 unspecified atom stereocenters. The number of hydrogen-bond acceptors (Lipinski definition) is 16. The molecule has 0 saturated carbocycles. The Labute approximate surface area is 322 Å². The lowest BCUT2D eigenvalue weighted by molar-refractivity contribution is -0.319. The average Bonchev–Trinajstić information content (AvgIpc) is 3.47. The summed E-state index contributed by atoms with van der Waals surface area (Å²) in [5.74, 6) is -5.95. The van der Waals surface area contributed by atoms with Crippen LogP contribution in [0, 0.1) is 23.7 Å². The number of aliphatic hydroxyl groups excluding tert-OH is 2. The number of ether oxygens (including phenoxy) is 7.